The summed E-state index contributed by atoms with van der Waals surface area (Å²) >= 11 is 0. The maximum absolute atomic E-state index is 13.4. The molecule has 0 amide bonds. The van der Waals surface area contributed by atoms with Crippen molar-refractivity contribution in [3.05, 3.63) is 88.5 Å². The highest BCUT2D eigenvalue weighted by molar-refractivity contribution is 5.80. The number of fused-ring (bicyclic) bond motifs is 1. The summed E-state index contributed by atoms with van der Waals surface area (Å²) < 4.78 is 13.4. The van der Waals surface area contributed by atoms with Gasteiger partial charge >= 0.3 is 0 Å². The van der Waals surface area contributed by atoms with E-state index in [-0.39, 0.29) is 5.82 Å². The highest BCUT2D eigenvalue weighted by atomic mass is 19.1. The van der Waals surface area contributed by atoms with Crippen molar-refractivity contribution in [3.8, 4) is 0 Å². The Morgan fingerprint density at radius 3 is 2.58 bits per heavy atom. The van der Waals surface area contributed by atoms with Gasteiger partial charge in [-0.1, -0.05) is 6.07 Å². The number of pyridine rings is 3. The Labute approximate surface area is 151 Å². The second kappa shape index (κ2) is 6.67. The minimum atomic E-state index is -0.315. The number of rotatable bonds is 4. The Balaban J connectivity index is 1.64. The number of hydrogen-bond acceptors (Lipinski definition) is 3. The van der Waals surface area contributed by atoms with Crippen LogP contribution in [-0.4, -0.2) is 19.9 Å². The fourth-order valence-electron chi connectivity index (χ4n) is 3.21. The largest absolute Gasteiger partial charge is 0.346 e. The van der Waals surface area contributed by atoms with Gasteiger partial charge in [0, 0.05) is 48.7 Å². The van der Waals surface area contributed by atoms with Crippen LogP contribution < -0.4 is 0 Å². The molecule has 1 N–H and O–H groups in total. The lowest BCUT2D eigenvalue weighted by atomic mass is 10.00. The molecular weight excluding hydrogens is 327 g/mol. The van der Waals surface area contributed by atoms with Gasteiger partial charge in [0.25, 0.3) is 0 Å². The van der Waals surface area contributed by atoms with Crippen LogP contribution in [0.1, 0.15) is 33.5 Å². The van der Waals surface area contributed by atoms with E-state index in [9.17, 15) is 4.39 Å². The van der Waals surface area contributed by atoms with Gasteiger partial charge in [0.15, 0.2) is 0 Å². The number of aryl methyl sites for hydroxylation is 2. The van der Waals surface area contributed by atoms with E-state index < -0.39 is 0 Å². The number of aromatic nitrogens is 4. The standard InChI is InChI=1S/C21H19FN4/c1-13-3-20-18(11-26-21(20)25-8-13)7-17-5-15(10-24-14(17)2)4-16-6-19(22)12-23-9-16/h3,5-6,8-12H,4,7H2,1-2H3,(H,25,26). The van der Waals surface area contributed by atoms with Crippen LogP contribution in [0.15, 0.2) is 49.2 Å². The zero-order valence-electron chi connectivity index (χ0n) is 14.8. The van der Waals surface area contributed by atoms with Crippen molar-refractivity contribution in [2.45, 2.75) is 26.7 Å². The first-order valence-electron chi connectivity index (χ1n) is 8.55. The van der Waals surface area contributed by atoms with E-state index in [1.54, 1.807) is 6.20 Å². The first-order chi connectivity index (χ1) is 12.6. The van der Waals surface area contributed by atoms with Crippen molar-refractivity contribution < 1.29 is 4.39 Å². The van der Waals surface area contributed by atoms with Crippen LogP contribution in [0.5, 0.6) is 0 Å². The minimum absolute atomic E-state index is 0.315. The average Bonchev–Trinajstić information content (AvgIpc) is 3.00. The number of H-pyrrole nitrogens is 1. The quantitative estimate of drug-likeness (QED) is 0.600. The molecule has 4 heterocycles. The minimum Gasteiger partial charge on any atom is -0.346 e. The Kier molecular flexibility index (Phi) is 4.21. The number of hydrogen-bond donors (Lipinski definition) is 1. The maximum atomic E-state index is 13.4. The van der Waals surface area contributed by atoms with E-state index in [0.717, 1.165) is 45.4 Å². The Morgan fingerprint density at radius 2 is 1.73 bits per heavy atom. The Morgan fingerprint density at radius 1 is 0.885 bits per heavy atom. The van der Waals surface area contributed by atoms with Crippen molar-refractivity contribution in [1.82, 2.24) is 19.9 Å². The molecule has 0 saturated carbocycles. The zero-order valence-corrected chi connectivity index (χ0v) is 14.8. The monoisotopic (exact) mass is 346 g/mol. The molecule has 0 aliphatic heterocycles. The lowest BCUT2D eigenvalue weighted by Gasteiger charge is -2.08. The summed E-state index contributed by atoms with van der Waals surface area (Å²) in [6.07, 6.45) is 10.0. The summed E-state index contributed by atoms with van der Waals surface area (Å²) in [6, 6.07) is 5.81. The molecule has 4 rings (SSSR count). The van der Waals surface area contributed by atoms with Crippen molar-refractivity contribution in [1.29, 1.82) is 0 Å². The molecule has 0 radical (unpaired) electrons. The number of halogens is 1. The lowest BCUT2D eigenvalue weighted by Crippen LogP contribution is -1.99. The molecule has 0 bridgehead atoms. The van der Waals surface area contributed by atoms with Gasteiger partial charge in [-0.2, -0.15) is 0 Å². The summed E-state index contributed by atoms with van der Waals surface area (Å²) in [5, 5.41) is 1.14. The van der Waals surface area contributed by atoms with Crippen molar-refractivity contribution in [2.24, 2.45) is 0 Å². The van der Waals surface area contributed by atoms with E-state index >= 15 is 0 Å². The summed E-state index contributed by atoms with van der Waals surface area (Å²) in [5.41, 5.74) is 7.29. The zero-order chi connectivity index (χ0) is 18.1. The molecule has 0 aromatic carbocycles. The summed E-state index contributed by atoms with van der Waals surface area (Å²) in [4.78, 5) is 16.1. The van der Waals surface area contributed by atoms with Crippen molar-refractivity contribution in [2.75, 3.05) is 0 Å². The van der Waals surface area contributed by atoms with Gasteiger partial charge in [0.2, 0.25) is 0 Å². The van der Waals surface area contributed by atoms with E-state index in [1.807, 2.05) is 32.4 Å². The topological polar surface area (TPSA) is 54.5 Å². The van der Waals surface area contributed by atoms with Gasteiger partial charge in [-0.25, -0.2) is 9.37 Å². The second-order valence-electron chi connectivity index (χ2n) is 6.68. The van der Waals surface area contributed by atoms with E-state index in [0.29, 0.717) is 6.42 Å². The van der Waals surface area contributed by atoms with Crippen LogP contribution in [0, 0.1) is 19.7 Å². The molecule has 4 aromatic rings. The molecule has 26 heavy (non-hydrogen) atoms. The van der Waals surface area contributed by atoms with Crippen molar-refractivity contribution >= 4 is 11.0 Å². The second-order valence-corrected chi connectivity index (χ2v) is 6.68. The Bertz CT molecular complexity index is 1080. The van der Waals surface area contributed by atoms with E-state index in [1.165, 1.54) is 17.8 Å². The smallest absolute Gasteiger partial charge is 0.141 e. The van der Waals surface area contributed by atoms with Gasteiger partial charge < -0.3 is 4.98 Å². The maximum Gasteiger partial charge on any atom is 0.141 e. The molecule has 0 unspecified atom stereocenters. The number of nitrogens with zero attached hydrogens (tertiary/aromatic N) is 3. The van der Waals surface area contributed by atoms with Crippen LogP contribution >= 0.6 is 0 Å². The summed E-state index contributed by atoms with van der Waals surface area (Å²) in [7, 11) is 0. The van der Waals surface area contributed by atoms with Crippen LogP contribution in [0.2, 0.25) is 0 Å². The SMILES string of the molecule is Cc1cnc2[nH]cc(Cc3cc(Cc4cncc(F)c4)cnc3C)c2c1. The third-order valence-electron chi connectivity index (χ3n) is 4.55. The highest BCUT2D eigenvalue weighted by Gasteiger charge is 2.10. The predicted octanol–water partition coefficient (Wildman–Crippen LogP) is 4.29. The molecule has 0 aliphatic rings. The van der Waals surface area contributed by atoms with Gasteiger partial charge in [-0.3, -0.25) is 9.97 Å². The van der Waals surface area contributed by atoms with E-state index in [4.69, 9.17) is 0 Å². The molecule has 0 fully saturated rings. The van der Waals surface area contributed by atoms with Gasteiger partial charge in [-0.05, 0) is 53.8 Å². The average molecular weight is 346 g/mol. The van der Waals surface area contributed by atoms with Crippen molar-refractivity contribution in [3.63, 3.8) is 0 Å². The molecule has 0 spiro atoms. The van der Waals surface area contributed by atoms with Gasteiger partial charge in [0.05, 0.1) is 6.20 Å². The third-order valence-corrected chi connectivity index (χ3v) is 4.55. The first-order valence-corrected chi connectivity index (χ1v) is 8.55. The van der Waals surface area contributed by atoms with E-state index in [2.05, 4.69) is 32.1 Å². The van der Waals surface area contributed by atoms with Crippen LogP contribution in [-0.2, 0) is 12.8 Å². The van der Waals surface area contributed by atoms with Crippen LogP contribution in [0.3, 0.4) is 0 Å². The summed E-state index contributed by atoms with van der Waals surface area (Å²) in [6.45, 7) is 4.06. The first kappa shape index (κ1) is 16.4. The molecule has 4 aromatic heterocycles. The molecular formula is C21H19FN4. The van der Waals surface area contributed by atoms with Gasteiger partial charge in [0.1, 0.15) is 11.5 Å². The molecule has 5 heteroatoms. The summed E-state index contributed by atoms with van der Waals surface area (Å²) in [5.74, 6) is -0.315. The van der Waals surface area contributed by atoms with Crippen LogP contribution in [0.25, 0.3) is 11.0 Å². The normalized spacial score (nSPS) is 11.2. The molecule has 0 aliphatic carbocycles. The fourth-order valence-corrected chi connectivity index (χ4v) is 3.21. The van der Waals surface area contributed by atoms with Gasteiger partial charge in [-0.15, -0.1) is 0 Å². The molecule has 0 atom stereocenters. The number of nitrogens with one attached hydrogen (secondary N) is 1. The fraction of sp³-hybridized carbons (Fsp3) is 0.190. The molecule has 0 saturated heterocycles. The lowest BCUT2D eigenvalue weighted by molar-refractivity contribution is 0.619. The predicted molar refractivity (Wildman–Crippen MR) is 99.6 cm³/mol. The Hall–Kier alpha value is -3.08. The van der Waals surface area contributed by atoms with Crippen LogP contribution in [0.4, 0.5) is 4.39 Å². The molecule has 130 valence electrons. The molecule has 4 nitrogen and oxygen atoms in total. The number of aromatic amines is 1. The highest BCUT2D eigenvalue weighted by Crippen LogP contribution is 2.22. The third kappa shape index (κ3) is 3.33.